The first-order valence-electron chi connectivity index (χ1n) is 5.68. The number of nitrogens with one attached hydrogen (secondary N) is 2. The third-order valence-electron chi connectivity index (χ3n) is 2.80. The Bertz CT molecular complexity index is 622. The van der Waals surface area contributed by atoms with Crippen LogP contribution >= 0.6 is 15.9 Å². The fourth-order valence-electron chi connectivity index (χ4n) is 1.79. The van der Waals surface area contributed by atoms with Gasteiger partial charge in [-0.25, -0.2) is 0 Å². The number of nitrogens with zero attached hydrogens (tertiary/aromatic N) is 1. The Morgan fingerprint density at radius 1 is 1.42 bits per heavy atom. The zero-order chi connectivity index (χ0) is 14.0. The van der Waals surface area contributed by atoms with E-state index < -0.39 is 0 Å². The molecule has 100 valence electrons. The van der Waals surface area contributed by atoms with Crippen LogP contribution in [0.25, 0.3) is 0 Å². The molecule has 2 rings (SSSR count). The summed E-state index contributed by atoms with van der Waals surface area (Å²) in [5.41, 5.74) is 2.83. The van der Waals surface area contributed by atoms with Crippen molar-refractivity contribution in [1.82, 2.24) is 10.2 Å². The number of rotatable bonds is 3. The van der Waals surface area contributed by atoms with E-state index in [4.69, 9.17) is 4.74 Å². The van der Waals surface area contributed by atoms with Gasteiger partial charge in [-0.2, -0.15) is 5.10 Å². The van der Waals surface area contributed by atoms with Gasteiger partial charge in [0.25, 0.3) is 5.91 Å². The molecule has 0 aliphatic carbocycles. The minimum absolute atomic E-state index is 0.213. The van der Waals surface area contributed by atoms with Crippen molar-refractivity contribution in [2.75, 3.05) is 12.4 Å². The number of aromatic amines is 1. The van der Waals surface area contributed by atoms with Crippen molar-refractivity contribution < 1.29 is 9.53 Å². The number of carbonyl (C=O) groups excluding carboxylic acids is 1. The van der Waals surface area contributed by atoms with Gasteiger partial charge in [-0.1, -0.05) is 15.9 Å². The molecule has 0 bridgehead atoms. The van der Waals surface area contributed by atoms with E-state index in [9.17, 15) is 4.79 Å². The number of H-pyrrole nitrogens is 1. The SMILES string of the molecule is COc1cc(Br)cc(C)c1NC(=O)c1cn[nH]c1C. The third kappa shape index (κ3) is 2.78. The van der Waals surface area contributed by atoms with Crippen LogP contribution < -0.4 is 10.1 Å². The fourth-order valence-corrected chi connectivity index (χ4v) is 2.35. The third-order valence-corrected chi connectivity index (χ3v) is 3.25. The Morgan fingerprint density at radius 2 is 2.16 bits per heavy atom. The average molecular weight is 324 g/mol. The van der Waals surface area contributed by atoms with E-state index in [0.717, 1.165) is 15.7 Å². The molecular weight excluding hydrogens is 310 g/mol. The molecule has 0 fully saturated rings. The van der Waals surface area contributed by atoms with Crippen LogP contribution in [0.2, 0.25) is 0 Å². The number of aromatic nitrogens is 2. The summed E-state index contributed by atoms with van der Waals surface area (Å²) in [5.74, 6) is 0.399. The number of methoxy groups -OCH3 is 1. The van der Waals surface area contributed by atoms with Gasteiger partial charge in [0, 0.05) is 10.2 Å². The van der Waals surface area contributed by atoms with Crippen molar-refractivity contribution in [3.05, 3.63) is 39.6 Å². The molecule has 0 saturated heterocycles. The predicted octanol–water partition coefficient (Wildman–Crippen LogP) is 3.05. The Hall–Kier alpha value is -1.82. The van der Waals surface area contributed by atoms with E-state index in [1.807, 2.05) is 19.1 Å². The smallest absolute Gasteiger partial charge is 0.259 e. The quantitative estimate of drug-likeness (QED) is 0.912. The molecule has 0 saturated carbocycles. The number of anilines is 1. The molecule has 0 unspecified atom stereocenters. The van der Waals surface area contributed by atoms with Crippen LogP contribution in [-0.4, -0.2) is 23.2 Å². The molecule has 5 nitrogen and oxygen atoms in total. The van der Waals surface area contributed by atoms with E-state index in [-0.39, 0.29) is 5.91 Å². The van der Waals surface area contributed by atoms with Gasteiger partial charge >= 0.3 is 0 Å². The van der Waals surface area contributed by atoms with Crippen molar-refractivity contribution in [2.45, 2.75) is 13.8 Å². The number of halogens is 1. The van der Waals surface area contributed by atoms with Crippen LogP contribution in [0.15, 0.2) is 22.8 Å². The van der Waals surface area contributed by atoms with Crippen molar-refractivity contribution in [2.24, 2.45) is 0 Å². The molecule has 2 N–H and O–H groups in total. The summed E-state index contributed by atoms with van der Waals surface area (Å²) in [7, 11) is 1.57. The lowest BCUT2D eigenvalue weighted by Gasteiger charge is -2.13. The lowest BCUT2D eigenvalue weighted by atomic mass is 10.1. The zero-order valence-electron chi connectivity index (χ0n) is 10.9. The highest BCUT2D eigenvalue weighted by Crippen LogP contribution is 2.32. The van der Waals surface area contributed by atoms with Gasteiger partial charge in [0.15, 0.2) is 0 Å². The minimum atomic E-state index is -0.213. The topological polar surface area (TPSA) is 67.0 Å². The fraction of sp³-hybridized carbons (Fsp3) is 0.231. The summed E-state index contributed by atoms with van der Waals surface area (Å²) in [6.45, 7) is 3.71. The Balaban J connectivity index is 2.34. The molecule has 0 aliphatic heterocycles. The monoisotopic (exact) mass is 323 g/mol. The van der Waals surface area contributed by atoms with Crippen LogP contribution in [0.3, 0.4) is 0 Å². The summed E-state index contributed by atoms with van der Waals surface area (Å²) in [6, 6.07) is 3.73. The number of carbonyl (C=O) groups is 1. The van der Waals surface area contributed by atoms with Crippen molar-refractivity contribution >= 4 is 27.5 Å². The van der Waals surface area contributed by atoms with Gasteiger partial charge < -0.3 is 10.1 Å². The van der Waals surface area contributed by atoms with E-state index in [1.165, 1.54) is 6.20 Å². The van der Waals surface area contributed by atoms with Gasteiger partial charge in [0.2, 0.25) is 0 Å². The lowest BCUT2D eigenvalue weighted by Crippen LogP contribution is -2.14. The highest BCUT2D eigenvalue weighted by atomic mass is 79.9. The first kappa shape index (κ1) is 13.6. The second-order valence-corrected chi connectivity index (χ2v) is 5.08. The standard InChI is InChI=1S/C13H14BrN3O2/c1-7-4-9(14)5-11(19-3)12(7)16-13(18)10-6-15-17-8(10)2/h4-6H,1-3H3,(H,15,17)(H,16,18). The van der Waals surface area contributed by atoms with Gasteiger partial charge in [0.05, 0.1) is 24.6 Å². The number of amides is 1. The zero-order valence-corrected chi connectivity index (χ0v) is 12.5. The van der Waals surface area contributed by atoms with Crippen LogP contribution in [0, 0.1) is 13.8 Å². The molecule has 1 amide bonds. The number of benzene rings is 1. The van der Waals surface area contributed by atoms with E-state index >= 15 is 0 Å². The molecule has 1 aromatic carbocycles. The molecule has 0 atom stereocenters. The van der Waals surface area contributed by atoms with E-state index in [2.05, 4.69) is 31.4 Å². The number of ether oxygens (including phenoxy) is 1. The van der Waals surface area contributed by atoms with Crippen molar-refractivity contribution in [1.29, 1.82) is 0 Å². The maximum Gasteiger partial charge on any atom is 0.259 e. The first-order chi connectivity index (χ1) is 9.02. The van der Waals surface area contributed by atoms with Crippen molar-refractivity contribution in [3.8, 4) is 5.75 Å². The minimum Gasteiger partial charge on any atom is -0.495 e. The molecule has 1 aromatic heterocycles. The molecule has 1 heterocycles. The summed E-state index contributed by atoms with van der Waals surface area (Å²) < 4.78 is 6.19. The highest BCUT2D eigenvalue weighted by Gasteiger charge is 2.15. The van der Waals surface area contributed by atoms with Crippen LogP contribution in [0.1, 0.15) is 21.6 Å². The van der Waals surface area contributed by atoms with Crippen LogP contribution in [0.5, 0.6) is 5.75 Å². The Kier molecular flexibility index (Phi) is 3.90. The predicted molar refractivity (Wildman–Crippen MR) is 76.7 cm³/mol. The Morgan fingerprint density at radius 3 is 2.74 bits per heavy atom. The van der Waals surface area contributed by atoms with Crippen LogP contribution in [-0.2, 0) is 0 Å². The maximum absolute atomic E-state index is 12.2. The molecular formula is C13H14BrN3O2. The maximum atomic E-state index is 12.2. The first-order valence-corrected chi connectivity index (χ1v) is 6.47. The second-order valence-electron chi connectivity index (χ2n) is 4.16. The highest BCUT2D eigenvalue weighted by molar-refractivity contribution is 9.10. The van der Waals surface area contributed by atoms with Crippen molar-refractivity contribution in [3.63, 3.8) is 0 Å². The van der Waals surface area contributed by atoms with Gasteiger partial charge in [-0.3, -0.25) is 9.89 Å². The summed E-state index contributed by atoms with van der Waals surface area (Å²) >= 11 is 3.40. The molecule has 0 spiro atoms. The normalized spacial score (nSPS) is 10.3. The lowest BCUT2D eigenvalue weighted by molar-refractivity contribution is 0.102. The largest absolute Gasteiger partial charge is 0.495 e. The van der Waals surface area contributed by atoms with E-state index in [0.29, 0.717) is 17.0 Å². The number of hydrogen-bond donors (Lipinski definition) is 2. The summed E-state index contributed by atoms with van der Waals surface area (Å²) in [5, 5.41) is 9.43. The number of hydrogen-bond acceptors (Lipinski definition) is 3. The molecule has 19 heavy (non-hydrogen) atoms. The molecule has 2 aromatic rings. The second kappa shape index (κ2) is 5.44. The van der Waals surface area contributed by atoms with Gasteiger partial charge in [-0.05, 0) is 31.5 Å². The van der Waals surface area contributed by atoms with Gasteiger partial charge in [0.1, 0.15) is 5.75 Å². The Labute approximate surface area is 119 Å². The summed E-state index contributed by atoms with van der Waals surface area (Å²) in [4.78, 5) is 12.2. The average Bonchev–Trinajstić information content (AvgIpc) is 2.78. The van der Waals surface area contributed by atoms with Crippen LogP contribution in [0.4, 0.5) is 5.69 Å². The number of aryl methyl sites for hydroxylation is 2. The molecule has 6 heteroatoms. The van der Waals surface area contributed by atoms with Gasteiger partial charge in [-0.15, -0.1) is 0 Å². The molecule has 0 radical (unpaired) electrons. The molecule has 0 aliphatic rings. The van der Waals surface area contributed by atoms with E-state index in [1.54, 1.807) is 14.0 Å². The summed E-state index contributed by atoms with van der Waals surface area (Å²) in [6.07, 6.45) is 1.51.